The van der Waals surface area contributed by atoms with Crippen LogP contribution in [0.15, 0.2) is 0 Å². The molecule has 0 radical (unpaired) electrons. The van der Waals surface area contributed by atoms with E-state index < -0.39 is 0 Å². The fourth-order valence-electron chi connectivity index (χ4n) is 2.55. The first kappa shape index (κ1) is 13.8. The Morgan fingerprint density at radius 2 is 1.50 bits per heavy atom. The minimum Gasteiger partial charge on any atom is -0.379 e. The molecule has 18 heavy (non-hydrogen) atoms. The smallest absolute Gasteiger partial charge is 0.222 e. The largest absolute Gasteiger partial charge is 0.379 e. The van der Waals surface area contributed by atoms with Gasteiger partial charge in [0.2, 0.25) is 5.91 Å². The van der Waals surface area contributed by atoms with Crippen molar-refractivity contribution in [3.63, 3.8) is 0 Å². The third-order valence-corrected chi connectivity index (χ3v) is 3.86. The van der Waals surface area contributed by atoms with Gasteiger partial charge in [-0.2, -0.15) is 0 Å². The first-order valence-corrected chi connectivity index (χ1v) is 7.10. The van der Waals surface area contributed by atoms with Crippen LogP contribution in [0.3, 0.4) is 0 Å². The van der Waals surface area contributed by atoms with E-state index in [1.807, 2.05) is 11.8 Å². The molecule has 2 aliphatic heterocycles. The molecule has 2 heterocycles. The molecule has 0 N–H and O–H groups in total. The van der Waals surface area contributed by atoms with Crippen molar-refractivity contribution >= 4 is 5.91 Å². The minimum atomic E-state index is 0.294. The maximum Gasteiger partial charge on any atom is 0.222 e. The van der Waals surface area contributed by atoms with Crippen LogP contribution in [0.25, 0.3) is 0 Å². The third kappa shape index (κ3) is 3.93. The molecule has 5 nitrogen and oxygen atoms in total. The van der Waals surface area contributed by atoms with Crippen LogP contribution >= 0.6 is 0 Å². The Morgan fingerprint density at radius 1 is 0.944 bits per heavy atom. The lowest BCUT2D eigenvalue weighted by molar-refractivity contribution is -0.132. The zero-order chi connectivity index (χ0) is 12.8. The molecule has 0 atom stereocenters. The number of morpholine rings is 1. The number of nitrogens with zero attached hydrogens (tertiary/aromatic N) is 3. The first-order valence-electron chi connectivity index (χ1n) is 7.10. The molecule has 1 amide bonds. The van der Waals surface area contributed by atoms with E-state index >= 15 is 0 Å². The van der Waals surface area contributed by atoms with Gasteiger partial charge in [0.15, 0.2) is 0 Å². The van der Waals surface area contributed by atoms with Crippen LogP contribution in [-0.4, -0.2) is 86.2 Å². The van der Waals surface area contributed by atoms with E-state index in [1.165, 1.54) is 0 Å². The van der Waals surface area contributed by atoms with Gasteiger partial charge in [0.25, 0.3) is 0 Å². The molecule has 2 fully saturated rings. The van der Waals surface area contributed by atoms with Crippen LogP contribution in [0.5, 0.6) is 0 Å². The lowest BCUT2D eigenvalue weighted by Crippen LogP contribution is -2.50. The predicted octanol–water partition coefficient (Wildman–Crippen LogP) is -0.127. The second-order valence-corrected chi connectivity index (χ2v) is 5.03. The maximum absolute atomic E-state index is 11.6. The summed E-state index contributed by atoms with van der Waals surface area (Å²) in [5.41, 5.74) is 0. The molecule has 104 valence electrons. The SMILES string of the molecule is CCC(=O)N1CCN(CCN2CCOCC2)CC1. The highest BCUT2D eigenvalue weighted by atomic mass is 16.5. The normalized spacial score (nSPS) is 23.3. The van der Waals surface area contributed by atoms with E-state index in [1.54, 1.807) is 0 Å². The number of amides is 1. The molecule has 2 aliphatic rings. The molecule has 0 spiro atoms. The molecule has 0 saturated carbocycles. The van der Waals surface area contributed by atoms with Crippen LogP contribution in [0.2, 0.25) is 0 Å². The van der Waals surface area contributed by atoms with Crippen LogP contribution in [0.1, 0.15) is 13.3 Å². The van der Waals surface area contributed by atoms with Crippen molar-refractivity contribution in [2.24, 2.45) is 0 Å². The van der Waals surface area contributed by atoms with Gasteiger partial charge < -0.3 is 9.64 Å². The summed E-state index contributed by atoms with van der Waals surface area (Å²) in [5, 5.41) is 0. The molecule has 0 aromatic rings. The zero-order valence-electron chi connectivity index (χ0n) is 11.4. The fraction of sp³-hybridized carbons (Fsp3) is 0.923. The molecule has 0 aromatic heterocycles. The monoisotopic (exact) mass is 255 g/mol. The molecule has 0 bridgehead atoms. The van der Waals surface area contributed by atoms with Gasteiger partial charge in [-0.1, -0.05) is 6.92 Å². The Balaban J connectivity index is 1.62. The van der Waals surface area contributed by atoms with Crippen molar-refractivity contribution in [3.05, 3.63) is 0 Å². The highest BCUT2D eigenvalue weighted by molar-refractivity contribution is 5.75. The number of ether oxygens (including phenoxy) is 1. The second-order valence-electron chi connectivity index (χ2n) is 5.03. The van der Waals surface area contributed by atoms with Crippen molar-refractivity contribution in [1.82, 2.24) is 14.7 Å². The van der Waals surface area contributed by atoms with E-state index in [0.717, 1.165) is 65.6 Å². The van der Waals surface area contributed by atoms with Gasteiger partial charge in [-0.25, -0.2) is 0 Å². The first-order chi connectivity index (χ1) is 8.79. The summed E-state index contributed by atoms with van der Waals surface area (Å²) in [5.74, 6) is 0.294. The van der Waals surface area contributed by atoms with Gasteiger partial charge in [-0.05, 0) is 0 Å². The van der Waals surface area contributed by atoms with E-state index in [-0.39, 0.29) is 0 Å². The molecule has 5 heteroatoms. The maximum atomic E-state index is 11.6. The molecule has 2 saturated heterocycles. The molecule has 2 rings (SSSR count). The molecule has 0 aromatic carbocycles. The van der Waals surface area contributed by atoms with Crippen LogP contribution in [0.4, 0.5) is 0 Å². The van der Waals surface area contributed by atoms with Crippen LogP contribution in [0, 0.1) is 0 Å². The lowest BCUT2D eigenvalue weighted by atomic mass is 10.3. The summed E-state index contributed by atoms with van der Waals surface area (Å²) < 4.78 is 5.34. The van der Waals surface area contributed by atoms with E-state index in [0.29, 0.717) is 12.3 Å². The summed E-state index contributed by atoms with van der Waals surface area (Å²) >= 11 is 0. The van der Waals surface area contributed by atoms with Gasteiger partial charge in [0.1, 0.15) is 0 Å². The van der Waals surface area contributed by atoms with Crippen LogP contribution < -0.4 is 0 Å². The zero-order valence-corrected chi connectivity index (χ0v) is 11.4. The lowest BCUT2D eigenvalue weighted by Gasteiger charge is -2.36. The Bertz CT molecular complexity index is 259. The van der Waals surface area contributed by atoms with E-state index in [4.69, 9.17) is 4.74 Å². The average molecular weight is 255 g/mol. The van der Waals surface area contributed by atoms with Gasteiger partial charge >= 0.3 is 0 Å². The standard InChI is InChI=1S/C13H25N3O2/c1-2-13(17)16-7-5-14(6-8-16)3-4-15-9-11-18-12-10-15/h2-12H2,1H3. The number of carbonyl (C=O) groups excluding carboxylic acids is 1. The highest BCUT2D eigenvalue weighted by Crippen LogP contribution is 2.04. The Morgan fingerprint density at radius 3 is 2.06 bits per heavy atom. The number of piperazine rings is 1. The summed E-state index contributed by atoms with van der Waals surface area (Å²) in [6.07, 6.45) is 0.633. The van der Waals surface area contributed by atoms with Crippen molar-refractivity contribution in [2.45, 2.75) is 13.3 Å². The topological polar surface area (TPSA) is 36.0 Å². The quantitative estimate of drug-likeness (QED) is 0.701. The number of rotatable bonds is 4. The average Bonchev–Trinajstić information content (AvgIpc) is 2.46. The predicted molar refractivity (Wildman–Crippen MR) is 70.6 cm³/mol. The summed E-state index contributed by atoms with van der Waals surface area (Å²) in [4.78, 5) is 18.5. The Kier molecular flexibility index (Phi) is 5.41. The van der Waals surface area contributed by atoms with Crippen molar-refractivity contribution < 1.29 is 9.53 Å². The molecule has 0 aliphatic carbocycles. The fourth-order valence-corrected chi connectivity index (χ4v) is 2.55. The Hall–Kier alpha value is -0.650. The third-order valence-electron chi connectivity index (χ3n) is 3.86. The van der Waals surface area contributed by atoms with Crippen LogP contribution in [-0.2, 0) is 9.53 Å². The number of hydrogen-bond donors (Lipinski definition) is 0. The van der Waals surface area contributed by atoms with Crippen molar-refractivity contribution in [1.29, 1.82) is 0 Å². The van der Waals surface area contributed by atoms with Gasteiger partial charge in [-0.15, -0.1) is 0 Å². The number of hydrogen-bond acceptors (Lipinski definition) is 4. The molecular weight excluding hydrogens is 230 g/mol. The second kappa shape index (κ2) is 7.07. The van der Waals surface area contributed by atoms with E-state index in [9.17, 15) is 4.79 Å². The van der Waals surface area contributed by atoms with Gasteiger partial charge in [0, 0.05) is 58.8 Å². The number of carbonyl (C=O) groups is 1. The van der Waals surface area contributed by atoms with Crippen molar-refractivity contribution in [3.8, 4) is 0 Å². The van der Waals surface area contributed by atoms with Crippen molar-refractivity contribution in [2.75, 3.05) is 65.6 Å². The highest BCUT2D eigenvalue weighted by Gasteiger charge is 2.20. The summed E-state index contributed by atoms with van der Waals surface area (Å²) in [6.45, 7) is 11.9. The Labute approximate surface area is 110 Å². The van der Waals surface area contributed by atoms with E-state index in [2.05, 4.69) is 9.80 Å². The summed E-state index contributed by atoms with van der Waals surface area (Å²) in [7, 11) is 0. The molecular formula is C13H25N3O2. The summed E-state index contributed by atoms with van der Waals surface area (Å²) in [6, 6.07) is 0. The minimum absolute atomic E-state index is 0.294. The van der Waals surface area contributed by atoms with Gasteiger partial charge in [-0.3, -0.25) is 14.6 Å². The molecule has 0 unspecified atom stereocenters. The van der Waals surface area contributed by atoms with Gasteiger partial charge in [0.05, 0.1) is 13.2 Å².